The summed E-state index contributed by atoms with van der Waals surface area (Å²) in [5, 5.41) is 20.1. The molecule has 0 radical (unpaired) electrons. The highest BCUT2D eigenvalue weighted by Gasteiger charge is 2.76. The van der Waals surface area contributed by atoms with Crippen molar-refractivity contribution in [3.8, 4) is 5.75 Å². The van der Waals surface area contributed by atoms with Gasteiger partial charge in [0.1, 0.15) is 5.75 Å². The number of amides is 2. The molecule has 5 N–H and O–H groups in total. The molecule has 5 aliphatic carbocycles. The van der Waals surface area contributed by atoms with Crippen LogP contribution < -0.4 is 26.4 Å². The van der Waals surface area contributed by atoms with E-state index >= 15 is 0 Å². The molecule has 2 bridgehead atoms. The molecular weight excluding hydrogens is 538 g/mol. The third-order valence-electron chi connectivity index (χ3n) is 10.8. The summed E-state index contributed by atoms with van der Waals surface area (Å²) in [6, 6.07) is 4.96. The molecule has 6 rings (SSSR count). The van der Waals surface area contributed by atoms with Gasteiger partial charge in [-0.1, -0.05) is 19.3 Å². The first kappa shape index (κ1) is 28.8. The van der Waals surface area contributed by atoms with Gasteiger partial charge in [0.05, 0.1) is 17.1 Å². The van der Waals surface area contributed by atoms with Crippen LogP contribution >= 0.6 is 0 Å². The molecule has 11 heteroatoms. The van der Waals surface area contributed by atoms with Crippen LogP contribution in [-0.4, -0.2) is 48.7 Å². The van der Waals surface area contributed by atoms with E-state index in [-0.39, 0.29) is 29.9 Å². The SMILES string of the molecule is CC(N)/C(C(=O)NC1C2CC3CC4CC1C34C2)=C(\NCCNC(=O)Oc1ccc([N+](=O)[O-])cc1)OCC1CCCCC1. The van der Waals surface area contributed by atoms with Crippen LogP contribution in [0.4, 0.5) is 10.5 Å². The second-order valence-electron chi connectivity index (χ2n) is 13.1. The number of carbonyl (C=O) groups excluding carboxylic acids is 2. The number of ether oxygens (including phenoxy) is 2. The number of rotatable bonds is 12. The van der Waals surface area contributed by atoms with E-state index in [4.69, 9.17) is 15.2 Å². The average Bonchev–Trinajstić information content (AvgIpc) is 3.46. The lowest BCUT2D eigenvalue weighted by molar-refractivity contribution is -0.384. The Morgan fingerprint density at radius 2 is 1.79 bits per heavy atom. The van der Waals surface area contributed by atoms with Crippen molar-refractivity contribution < 1.29 is 24.0 Å². The first-order valence-corrected chi connectivity index (χ1v) is 15.6. The Kier molecular flexibility index (Phi) is 8.04. The number of nitro benzene ring substituents is 1. The average molecular weight is 582 g/mol. The number of hydrogen-bond acceptors (Lipinski definition) is 8. The van der Waals surface area contributed by atoms with Gasteiger partial charge in [-0.25, -0.2) is 4.79 Å². The van der Waals surface area contributed by atoms with Crippen molar-refractivity contribution in [3.05, 3.63) is 45.8 Å². The Labute approximate surface area is 246 Å². The van der Waals surface area contributed by atoms with Gasteiger partial charge in [-0.2, -0.15) is 0 Å². The number of nitrogens with zero attached hydrogens (tertiary/aromatic N) is 1. The molecule has 1 aromatic rings. The largest absolute Gasteiger partial charge is 0.479 e. The van der Waals surface area contributed by atoms with Crippen LogP contribution in [0.2, 0.25) is 0 Å². The van der Waals surface area contributed by atoms with Crippen molar-refractivity contribution >= 4 is 17.7 Å². The van der Waals surface area contributed by atoms with Gasteiger partial charge in [0.25, 0.3) is 11.6 Å². The second kappa shape index (κ2) is 11.7. The molecule has 0 aromatic heterocycles. The fourth-order valence-electron chi connectivity index (χ4n) is 8.89. The van der Waals surface area contributed by atoms with Crippen molar-refractivity contribution in [2.24, 2.45) is 40.7 Å². The zero-order valence-corrected chi connectivity index (χ0v) is 24.3. The lowest BCUT2D eigenvalue weighted by atomic mass is 9.38. The van der Waals surface area contributed by atoms with Gasteiger partial charge in [-0.05, 0) is 92.6 Å². The number of nitrogens with two attached hydrogens (primary N) is 1. The van der Waals surface area contributed by atoms with E-state index in [0.29, 0.717) is 47.8 Å². The summed E-state index contributed by atoms with van der Waals surface area (Å²) in [6.07, 6.45) is 10.3. The van der Waals surface area contributed by atoms with Crippen molar-refractivity contribution in [1.29, 1.82) is 0 Å². The highest BCUT2D eigenvalue weighted by atomic mass is 16.6. The van der Waals surface area contributed by atoms with Gasteiger partial charge >= 0.3 is 6.09 Å². The third-order valence-corrected chi connectivity index (χ3v) is 10.8. The Morgan fingerprint density at radius 3 is 2.45 bits per heavy atom. The predicted molar refractivity (Wildman–Crippen MR) is 155 cm³/mol. The van der Waals surface area contributed by atoms with Crippen molar-refractivity contribution in [2.75, 3.05) is 19.7 Å². The first-order valence-electron chi connectivity index (χ1n) is 15.6. The molecule has 2 amide bonds. The molecule has 0 heterocycles. The number of nitrogens with one attached hydrogen (secondary N) is 3. The summed E-state index contributed by atoms with van der Waals surface area (Å²) < 4.78 is 11.5. The number of carbonyl (C=O) groups is 2. The molecular formula is C31H43N5O6. The number of non-ortho nitro benzene ring substituents is 1. The first-order chi connectivity index (χ1) is 20.3. The van der Waals surface area contributed by atoms with Crippen LogP contribution in [-0.2, 0) is 9.53 Å². The molecule has 1 aromatic carbocycles. The fourth-order valence-corrected chi connectivity index (χ4v) is 8.89. The molecule has 1 spiro atoms. The van der Waals surface area contributed by atoms with Gasteiger partial charge in [-0.3, -0.25) is 14.9 Å². The summed E-state index contributed by atoms with van der Waals surface area (Å²) in [5.41, 5.74) is 7.24. The van der Waals surface area contributed by atoms with Crippen molar-refractivity contribution in [3.63, 3.8) is 0 Å². The maximum absolute atomic E-state index is 13.8. The molecule has 42 heavy (non-hydrogen) atoms. The Morgan fingerprint density at radius 1 is 1.07 bits per heavy atom. The normalized spacial score (nSPS) is 31.9. The van der Waals surface area contributed by atoms with E-state index in [2.05, 4.69) is 16.0 Å². The van der Waals surface area contributed by atoms with Crippen LogP contribution in [0.5, 0.6) is 5.75 Å². The van der Waals surface area contributed by atoms with Gasteiger partial charge in [-0.15, -0.1) is 0 Å². The van der Waals surface area contributed by atoms with Gasteiger partial charge < -0.3 is 31.2 Å². The molecule has 7 atom stereocenters. The van der Waals surface area contributed by atoms with E-state index in [1.165, 1.54) is 69.2 Å². The van der Waals surface area contributed by atoms with Crippen molar-refractivity contribution in [1.82, 2.24) is 16.0 Å². The van der Waals surface area contributed by atoms with E-state index < -0.39 is 17.1 Å². The Balaban J connectivity index is 1.08. The molecule has 228 valence electrons. The Hall–Kier alpha value is -3.34. The molecule has 0 saturated heterocycles. The maximum Gasteiger partial charge on any atom is 0.412 e. The molecule has 5 fully saturated rings. The number of fused-ring (bicyclic) bond motifs is 1. The topological polar surface area (TPSA) is 158 Å². The van der Waals surface area contributed by atoms with Gasteiger partial charge in [0.15, 0.2) is 5.88 Å². The number of benzene rings is 1. The van der Waals surface area contributed by atoms with E-state index in [1.807, 2.05) is 0 Å². The minimum Gasteiger partial charge on any atom is -0.479 e. The summed E-state index contributed by atoms with van der Waals surface area (Å²) in [4.78, 5) is 36.4. The molecule has 5 saturated carbocycles. The zero-order chi connectivity index (χ0) is 29.4. The lowest BCUT2D eigenvalue weighted by Gasteiger charge is -2.67. The predicted octanol–water partition coefficient (Wildman–Crippen LogP) is 3.98. The van der Waals surface area contributed by atoms with Crippen molar-refractivity contribution in [2.45, 2.75) is 76.8 Å². The van der Waals surface area contributed by atoms with Crippen LogP contribution in [0.25, 0.3) is 0 Å². The van der Waals surface area contributed by atoms with Crippen LogP contribution in [0.1, 0.15) is 64.7 Å². The smallest absolute Gasteiger partial charge is 0.412 e. The van der Waals surface area contributed by atoms with Gasteiger partial charge in [0, 0.05) is 37.3 Å². The zero-order valence-electron chi connectivity index (χ0n) is 24.3. The minimum absolute atomic E-state index is 0.0855. The Bertz CT molecular complexity index is 1230. The summed E-state index contributed by atoms with van der Waals surface area (Å²) >= 11 is 0. The van der Waals surface area contributed by atoms with E-state index in [1.54, 1.807) is 6.92 Å². The molecule has 5 aliphatic rings. The summed E-state index contributed by atoms with van der Waals surface area (Å²) in [6.45, 7) is 2.82. The van der Waals surface area contributed by atoms with Gasteiger partial charge in [0.2, 0.25) is 0 Å². The van der Waals surface area contributed by atoms with Crippen LogP contribution in [0.15, 0.2) is 35.7 Å². The highest BCUT2D eigenvalue weighted by molar-refractivity contribution is 5.95. The number of hydrogen-bond donors (Lipinski definition) is 4. The molecule has 0 aliphatic heterocycles. The maximum atomic E-state index is 13.8. The van der Waals surface area contributed by atoms with E-state index in [9.17, 15) is 19.7 Å². The quantitative estimate of drug-likeness (QED) is 0.0949. The summed E-state index contributed by atoms with van der Waals surface area (Å²) in [5.74, 6) is 3.78. The highest BCUT2D eigenvalue weighted by Crippen LogP contribution is 2.81. The summed E-state index contributed by atoms with van der Waals surface area (Å²) in [7, 11) is 0. The van der Waals surface area contributed by atoms with Crippen LogP contribution in [0, 0.1) is 45.1 Å². The number of nitro groups is 1. The standard InChI is InChI=1S/C31H43N5O6/c1-18(32)26(28(37)35-27-20-13-21-14-22-15-25(27)31(21,22)16-20)29(41-17-19-5-3-2-4-6-19)33-11-12-34-30(38)42-24-9-7-23(8-10-24)36(39)40/h7-10,18-22,25,27,33H,2-6,11-17,32H2,1H3,(H,34,38)(H,35,37)/b29-26-. The van der Waals surface area contributed by atoms with Crippen LogP contribution in [0.3, 0.4) is 0 Å². The fraction of sp³-hybridized carbons (Fsp3) is 0.677. The third kappa shape index (κ3) is 5.31. The molecule has 11 nitrogen and oxygen atoms in total. The monoisotopic (exact) mass is 581 g/mol. The lowest BCUT2D eigenvalue weighted by Crippen LogP contribution is -2.65. The second-order valence-corrected chi connectivity index (χ2v) is 13.1. The molecule has 7 unspecified atom stereocenters. The minimum atomic E-state index is -0.687. The van der Waals surface area contributed by atoms with E-state index in [0.717, 1.165) is 24.7 Å².